The fraction of sp³-hybridized carbons (Fsp3) is 0.200. The van der Waals surface area contributed by atoms with E-state index in [1.165, 1.54) is 0 Å². The van der Waals surface area contributed by atoms with E-state index >= 15 is 0 Å². The van der Waals surface area contributed by atoms with E-state index in [0.717, 1.165) is 22.2 Å². The number of hydrogen-bond acceptors (Lipinski definition) is 2. The molecule has 0 aromatic heterocycles. The van der Waals surface area contributed by atoms with E-state index in [-0.39, 0.29) is 0 Å². The van der Waals surface area contributed by atoms with E-state index in [9.17, 15) is 4.79 Å². The Morgan fingerprint density at radius 2 is 2.33 bits per heavy atom. The average molecular weight is 270 g/mol. The standard InChI is InChI=1S/C10H12BrN3O/c1-2-9(13-14-10(12)15)7-4-3-5-8(11)6-7/h3-6H,2H2,1H3,(H3,12,14,15)/b13-9-. The third-order valence-corrected chi connectivity index (χ3v) is 2.29. The quantitative estimate of drug-likeness (QED) is 0.641. The molecule has 0 spiro atoms. The van der Waals surface area contributed by atoms with Gasteiger partial charge < -0.3 is 5.73 Å². The molecule has 0 atom stereocenters. The highest BCUT2D eigenvalue weighted by molar-refractivity contribution is 9.10. The van der Waals surface area contributed by atoms with E-state index in [4.69, 9.17) is 5.73 Å². The van der Waals surface area contributed by atoms with Crippen LogP contribution < -0.4 is 11.2 Å². The normalized spacial score (nSPS) is 11.2. The summed E-state index contributed by atoms with van der Waals surface area (Å²) >= 11 is 3.37. The molecule has 0 saturated heterocycles. The molecule has 0 saturated carbocycles. The number of nitrogens with two attached hydrogens (primary N) is 1. The van der Waals surface area contributed by atoms with Crippen molar-refractivity contribution < 1.29 is 4.79 Å². The number of amides is 2. The minimum atomic E-state index is -0.657. The molecule has 0 radical (unpaired) electrons. The number of halogens is 1. The lowest BCUT2D eigenvalue weighted by atomic mass is 10.1. The minimum Gasteiger partial charge on any atom is -0.350 e. The summed E-state index contributed by atoms with van der Waals surface area (Å²) < 4.78 is 0.972. The van der Waals surface area contributed by atoms with Gasteiger partial charge >= 0.3 is 6.03 Å². The number of carbonyl (C=O) groups excluding carboxylic acids is 1. The summed E-state index contributed by atoms with van der Waals surface area (Å²) in [6.07, 6.45) is 0.719. The molecule has 0 aliphatic rings. The van der Waals surface area contributed by atoms with Gasteiger partial charge in [0.25, 0.3) is 0 Å². The largest absolute Gasteiger partial charge is 0.350 e. The zero-order valence-corrected chi connectivity index (χ0v) is 9.91. The van der Waals surface area contributed by atoms with E-state index in [0.29, 0.717) is 0 Å². The number of nitrogens with zero attached hydrogens (tertiary/aromatic N) is 1. The summed E-state index contributed by atoms with van der Waals surface area (Å²) in [6, 6.07) is 7.05. The number of hydrogen-bond donors (Lipinski definition) is 2. The number of rotatable bonds is 3. The van der Waals surface area contributed by atoms with Crippen molar-refractivity contribution in [3.63, 3.8) is 0 Å². The molecule has 0 unspecified atom stereocenters. The molecule has 15 heavy (non-hydrogen) atoms. The summed E-state index contributed by atoms with van der Waals surface area (Å²) in [5.74, 6) is 0. The first kappa shape index (κ1) is 11.7. The zero-order valence-electron chi connectivity index (χ0n) is 8.33. The maximum Gasteiger partial charge on any atom is 0.332 e. The van der Waals surface area contributed by atoms with Crippen molar-refractivity contribution in [1.29, 1.82) is 0 Å². The third kappa shape index (κ3) is 3.71. The van der Waals surface area contributed by atoms with Crippen molar-refractivity contribution in [2.75, 3.05) is 0 Å². The lowest BCUT2D eigenvalue weighted by molar-refractivity contribution is 0.249. The first-order chi connectivity index (χ1) is 7.13. The van der Waals surface area contributed by atoms with Crippen molar-refractivity contribution in [1.82, 2.24) is 5.43 Å². The topological polar surface area (TPSA) is 67.5 Å². The summed E-state index contributed by atoms with van der Waals surface area (Å²) in [7, 11) is 0. The van der Waals surface area contributed by atoms with Gasteiger partial charge in [-0.15, -0.1) is 0 Å². The van der Waals surface area contributed by atoms with Crippen molar-refractivity contribution >= 4 is 27.7 Å². The van der Waals surface area contributed by atoms with Gasteiger partial charge in [-0.1, -0.05) is 35.0 Å². The minimum absolute atomic E-state index is 0.657. The van der Waals surface area contributed by atoms with E-state index in [2.05, 4.69) is 26.5 Å². The van der Waals surface area contributed by atoms with E-state index in [1.54, 1.807) is 0 Å². The van der Waals surface area contributed by atoms with Crippen LogP contribution in [0.4, 0.5) is 4.79 Å². The van der Waals surface area contributed by atoms with Crippen LogP contribution in [0.3, 0.4) is 0 Å². The molecule has 0 heterocycles. The van der Waals surface area contributed by atoms with Crippen LogP contribution in [-0.2, 0) is 0 Å². The van der Waals surface area contributed by atoms with Gasteiger partial charge in [0.05, 0.1) is 5.71 Å². The molecule has 2 amide bonds. The molecule has 1 aromatic rings. The number of benzene rings is 1. The molecule has 3 N–H and O–H groups in total. The highest BCUT2D eigenvalue weighted by atomic mass is 79.9. The second-order valence-corrected chi connectivity index (χ2v) is 3.81. The Labute approximate surface area is 96.7 Å². The Kier molecular flexibility index (Phi) is 4.30. The molecule has 4 nitrogen and oxygen atoms in total. The van der Waals surface area contributed by atoms with E-state index < -0.39 is 6.03 Å². The number of carbonyl (C=O) groups is 1. The van der Waals surface area contributed by atoms with Crippen molar-refractivity contribution in [2.24, 2.45) is 10.8 Å². The van der Waals surface area contributed by atoms with Gasteiger partial charge in [-0.3, -0.25) is 0 Å². The van der Waals surface area contributed by atoms with Gasteiger partial charge in [-0.25, -0.2) is 10.2 Å². The predicted octanol–water partition coefficient (Wildman–Crippen LogP) is 2.23. The third-order valence-electron chi connectivity index (χ3n) is 1.79. The van der Waals surface area contributed by atoms with Crippen LogP contribution in [0.15, 0.2) is 33.8 Å². The Bertz CT molecular complexity index is 390. The molecular weight excluding hydrogens is 258 g/mol. The van der Waals surface area contributed by atoms with Crippen LogP contribution in [0.1, 0.15) is 18.9 Å². The molecule has 0 aliphatic heterocycles. The van der Waals surface area contributed by atoms with Crippen LogP contribution in [-0.4, -0.2) is 11.7 Å². The Morgan fingerprint density at radius 3 is 2.87 bits per heavy atom. The molecule has 1 aromatic carbocycles. The summed E-state index contributed by atoms with van der Waals surface area (Å²) in [5.41, 5.74) is 8.91. The summed E-state index contributed by atoms with van der Waals surface area (Å²) in [6.45, 7) is 1.96. The Hall–Kier alpha value is -1.36. The number of primary amides is 1. The molecule has 5 heteroatoms. The van der Waals surface area contributed by atoms with Gasteiger partial charge in [0.15, 0.2) is 0 Å². The molecule has 80 valence electrons. The molecular formula is C10H12BrN3O. The smallest absolute Gasteiger partial charge is 0.332 e. The lowest BCUT2D eigenvalue weighted by Crippen LogP contribution is -2.25. The second kappa shape index (κ2) is 5.50. The SMILES string of the molecule is CC/C(=N/NC(N)=O)c1cccc(Br)c1. The first-order valence-electron chi connectivity index (χ1n) is 4.51. The van der Waals surface area contributed by atoms with Crippen LogP contribution in [0.25, 0.3) is 0 Å². The van der Waals surface area contributed by atoms with Gasteiger partial charge in [-0.2, -0.15) is 5.10 Å². The van der Waals surface area contributed by atoms with Gasteiger partial charge in [0.2, 0.25) is 0 Å². The maximum atomic E-state index is 10.5. The van der Waals surface area contributed by atoms with Gasteiger partial charge in [0.1, 0.15) is 0 Å². The van der Waals surface area contributed by atoms with Gasteiger partial charge in [-0.05, 0) is 24.1 Å². The fourth-order valence-corrected chi connectivity index (χ4v) is 1.54. The highest BCUT2D eigenvalue weighted by Crippen LogP contribution is 2.13. The molecule has 0 fully saturated rings. The summed E-state index contributed by atoms with van der Waals surface area (Å²) in [5, 5.41) is 3.92. The lowest BCUT2D eigenvalue weighted by Gasteiger charge is -2.04. The highest BCUT2D eigenvalue weighted by Gasteiger charge is 2.02. The van der Waals surface area contributed by atoms with Crippen molar-refractivity contribution in [3.8, 4) is 0 Å². The van der Waals surface area contributed by atoms with Crippen molar-refractivity contribution in [2.45, 2.75) is 13.3 Å². The zero-order chi connectivity index (χ0) is 11.3. The van der Waals surface area contributed by atoms with Crippen LogP contribution in [0.5, 0.6) is 0 Å². The van der Waals surface area contributed by atoms with Crippen LogP contribution >= 0.6 is 15.9 Å². The average Bonchev–Trinajstić information content (AvgIpc) is 2.18. The maximum absolute atomic E-state index is 10.5. The van der Waals surface area contributed by atoms with Crippen LogP contribution in [0.2, 0.25) is 0 Å². The van der Waals surface area contributed by atoms with Crippen LogP contribution in [0, 0.1) is 0 Å². The summed E-state index contributed by atoms with van der Waals surface area (Å²) in [4.78, 5) is 10.5. The van der Waals surface area contributed by atoms with Crippen molar-refractivity contribution in [3.05, 3.63) is 34.3 Å². The Morgan fingerprint density at radius 1 is 1.60 bits per heavy atom. The Balaban J connectivity index is 2.92. The monoisotopic (exact) mass is 269 g/mol. The number of hydrazone groups is 1. The predicted molar refractivity (Wildman–Crippen MR) is 63.7 cm³/mol. The number of nitrogens with one attached hydrogen (secondary N) is 1. The molecule has 0 aliphatic carbocycles. The molecule has 0 bridgehead atoms. The molecule has 1 rings (SSSR count). The number of urea groups is 1. The fourth-order valence-electron chi connectivity index (χ4n) is 1.14. The van der Waals surface area contributed by atoms with E-state index in [1.807, 2.05) is 31.2 Å². The van der Waals surface area contributed by atoms with Gasteiger partial charge in [0, 0.05) is 4.47 Å². The first-order valence-corrected chi connectivity index (χ1v) is 5.30. The second-order valence-electron chi connectivity index (χ2n) is 2.90.